The molecule has 3 nitrogen and oxygen atoms in total. The summed E-state index contributed by atoms with van der Waals surface area (Å²) in [6.45, 7) is 4.17. The van der Waals surface area contributed by atoms with Gasteiger partial charge in [-0.05, 0) is 5.92 Å². The summed E-state index contributed by atoms with van der Waals surface area (Å²) in [5.41, 5.74) is -0.704. The zero-order valence-corrected chi connectivity index (χ0v) is 9.92. The molecule has 0 saturated carbocycles. The van der Waals surface area contributed by atoms with Crippen molar-refractivity contribution in [2.75, 3.05) is 13.7 Å². The minimum absolute atomic E-state index is 0.0568. The highest BCUT2D eigenvalue weighted by Crippen LogP contribution is 2.21. The second-order valence-corrected chi connectivity index (χ2v) is 3.96. The number of methoxy groups -OCH3 is 1. The maximum atomic E-state index is 13.5. The molecule has 0 saturated heterocycles. The lowest BCUT2D eigenvalue weighted by molar-refractivity contribution is 0.0589. The minimum atomic E-state index is -1.05. The van der Waals surface area contributed by atoms with Crippen molar-refractivity contribution < 1.29 is 23.0 Å². The fraction of sp³-hybridized carbons (Fsp3) is 0.417. The van der Waals surface area contributed by atoms with E-state index in [0.29, 0.717) is 6.61 Å². The molecule has 0 aliphatic carbocycles. The van der Waals surface area contributed by atoms with Gasteiger partial charge >= 0.3 is 5.97 Å². The van der Waals surface area contributed by atoms with Crippen LogP contribution in [0.1, 0.15) is 24.2 Å². The Morgan fingerprint density at radius 2 is 1.82 bits per heavy atom. The Morgan fingerprint density at radius 1 is 1.29 bits per heavy atom. The van der Waals surface area contributed by atoms with E-state index in [2.05, 4.69) is 4.74 Å². The van der Waals surface area contributed by atoms with Gasteiger partial charge in [0.2, 0.25) is 0 Å². The van der Waals surface area contributed by atoms with Crippen molar-refractivity contribution in [2.45, 2.75) is 13.8 Å². The summed E-state index contributed by atoms with van der Waals surface area (Å²) >= 11 is 0. The molecule has 17 heavy (non-hydrogen) atoms. The summed E-state index contributed by atoms with van der Waals surface area (Å²) in [7, 11) is 1.06. The van der Waals surface area contributed by atoms with Crippen molar-refractivity contribution in [2.24, 2.45) is 5.92 Å². The lowest BCUT2D eigenvalue weighted by Crippen LogP contribution is -2.10. The molecule has 0 amide bonds. The number of carbonyl (C=O) groups is 1. The molecule has 0 radical (unpaired) electrons. The number of halogens is 2. The standard InChI is InChI=1S/C12H14F2O3/c1-7(2)6-17-8-4-9(13)11(10(14)5-8)12(15)16-3/h4-5,7H,6H2,1-3H3. The van der Waals surface area contributed by atoms with Gasteiger partial charge in [-0.2, -0.15) is 0 Å². The zero-order valence-electron chi connectivity index (χ0n) is 9.92. The number of esters is 1. The van der Waals surface area contributed by atoms with Crippen LogP contribution >= 0.6 is 0 Å². The van der Waals surface area contributed by atoms with Gasteiger partial charge in [-0.3, -0.25) is 0 Å². The first-order chi connectivity index (χ1) is 7.95. The Labute approximate surface area is 98.3 Å². The van der Waals surface area contributed by atoms with Gasteiger partial charge in [0.15, 0.2) is 0 Å². The molecule has 0 aromatic heterocycles. The van der Waals surface area contributed by atoms with Gasteiger partial charge in [-0.25, -0.2) is 13.6 Å². The predicted octanol–water partition coefficient (Wildman–Crippen LogP) is 2.79. The molecule has 0 heterocycles. The molecule has 5 heteroatoms. The van der Waals surface area contributed by atoms with Gasteiger partial charge < -0.3 is 9.47 Å². The second kappa shape index (κ2) is 5.61. The van der Waals surface area contributed by atoms with Crippen LogP contribution in [0.5, 0.6) is 5.75 Å². The van der Waals surface area contributed by atoms with E-state index in [9.17, 15) is 13.6 Å². The number of carbonyl (C=O) groups excluding carboxylic acids is 1. The molecule has 94 valence electrons. The van der Waals surface area contributed by atoms with Crippen LogP contribution in [-0.4, -0.2) is 19.7 Å². The van der Waals surface area contributed by atoms with Crippen LogP contribution in [0.2, 0.25) is 0 Å². The van der Waals surface area contributed by atoms with Gasteiger partial charge in [0, 0.05) is 12.1 Å². The van der Waals surface area contributed by atoms with E-state index in [1.54, 1.807) is 0 Å². The lowest BCUT2D eigenvalue weighted by atomic mass is 10.2. The molecule has 1 aromatic rings. The molecule has 0 unspecified atom stereocenters. The topological polar surface area (TPSA) is 35.5 Å². The summed E-state index contributed by atoms with van der Waals surface area (Å²) in [5.74, 6) is -2.73. The number of rotatable bonds is 4. The number of ether oxygens (including phenoxy) is 2. The number of benzene rings is 1. The van der Waals surface area contributed by atoms with E-state index < -0.39 is 23.2 Å². The summed E-state index contributed by atoms with van der Waals surface area (Å²) in [6.07, 6.45) is 0. The first kappa shape index (κ1) is 13.4. The van der Waals surface area contributed by atoms with Crippen LogP contribution in [0.15, 0.2) is 12.1 Å². The van der Waals surface area contributed by atoms with E-state index >= 15 is 0 Å². The van der Waals surface area contributed by atoms with Gasteiger partial charge in [-0.15, -0.1) is 0 Å². The van der Waals surface area contributed by atoms with Crippen LogP contribution in [0.3, 0.4) is 0 Å². The molecule has 0 atom stereocenters. The van der Waals surface area contributed by atoms with E-state index in [4.69, 9.17) is 4.74 Å². The van der Waals surface area contributed by atoms with E-state index in [0.717, 1.165) is 19.2 Å². The van der Waals surface area contributed by atoms with E-state index in [1.807, 2.05) is 13.8 Å². The molecule has 0 spiro atoms. The van der Waals surface area contributed by atoms with Gasteiger partial charge in [0.25, 0.3) is 0 Å². The normalized spacial score (nSPS) is 10.5. The summed E-state index contributed by atoms with van der Waals surface area (Å²) < 4.78 is 36.3. The predicted molar refractivity (Wildman–Crippen MR) is 58.0 cm³/mol. The molecule has 0 fully saturated rings. The Hall–Kier alpha value is -1.65. The minimum Gasteiger partial charge on any atom is -0.493 e. The molecule has 1 aromatic carbocycles. The highest BCUT2D eigenvalue weighted by Gasteiger charge is 2.19. The molecule has 0 N–H and O–H groups in total. The number of hydrogen-bond acceptors (Lipinski definition) is 3. The van der Waals surface area contributed by atoms with Crippen molar-refractivity contribution in [3.05, 3.63) is 29.3 Å². The highest BCUT2D eigenvalue weighted by atomic mass is 19.1. The van der Waals surface area contributed by atoms with E-state index in [1.165, 1.54) is 0 Å². The first-order valence-corrected chi connectivity index (χ1v) is 5.15. The average molecular weight is 244 g/mol. The Kier molecular flexibility index (Phi) is 4.43. The molecular formula is C12H14F2O3. The van der Waals surface area contributed by atoms with Crippen molar-refractivity contribution >= 4 is 5.97 Å². The smallest absolute Gasteiger partial charge is 0.343 e. The maximum Gasteiger partial charge on any atom is 0.343 e. The molecular weight excluding hydrogens is 230 g/mol. The Morgan fingerprint density at radius 3 is 2.24 bits per heavy atom. The third kappa shape index (κ3) is 3.41. The summed E-state index contributed by atoms with van der Waals surface area (Å²) in [6, 6.07) is 1.94. The van der Waals surface area contributed by atoms with Gasteiger partial charge in [0.1, 0.15) is 22.9 Å². The van der Waals surface area contributed by atoms with Crippen LogP contribution in [-0.2, 0) is 4.74 Å². The highest BCUT2D eigenvalue weighted by molar-refractivity contribution is 5.90. The third-order valence-electron chi connectivity index (χ3n) is 1.99. The maximum absolute atomic E-state index is 13.5. The summed E-state index contributed by atoms with van der Waals surface area (Å²) in [4.78, 5) is 11.1. The Bertz CT molecular complexity index is 393. The second-order valence-electron chi connectivity index (χ2n) is 3.96. The molecule has 0 bridgehead atoms. The zero-order chi connectivity index (χ0) is 13.0. The first-order valence-electron chi connectivity index (χ1n) is 5.15. The quantitative estimate of drug-likeness (QED) is 0.764. The Balaban J connectivity index is 2.97. The lowest BCUT2D eigenvalue weighted by Gasteiger charge is -2.10. The van der Waals surface area contributed by atoms with Crippen LogP contribution < -0.4 is 4.74 Å². The van der Waals surface area contributed by atoms with Crippen molar-refractivity contribution in [1.82, 2.24) is 0 Å². The molecule has 1 rings (SSSR count). The fourth-order valence-electron chi connectivity index (χ4n) is 1.19. The fourth-order valence-corrected chi connectivity index (χ4v) is 1.19. The monoisotopic (exact) mass is 244 g/mol. The van der Waals surface area contributed by atoms with Gasteiger partial charge in [0.05, 0.1) is 13.7 Å². The van der Waals surface area contributed by atoms with Gasteiger partial charge in [-0.1, -0.05) is 13.8 Å². The average Bonchev–Trinajstić information content (AvgIpc) is 2.25. The summed E-state index contributed by atoms with van der Waals surface area (Å²) in [5, 5.41) is 0. The third-order valence-corrected chi connectivity index (χ3v) is 1.99. The van der Waals surface area contributed by atoms with Crippen LogP contribution in [0.4, 0.5) is 8.78 Å². The van der Waals surface area contributed by atoms with Crippen LogP contribution in [0.25, 0.3) is 0 Å². The van der Waals surface area contributed by atoms with E-state index in [-0.39, 0.29) is 11.7 Å². The largest absolute Gasteiger partial charge is 0.493 e. The van der Waals surface area contributed by atoms with Crippen molar-refractivity contribution in [3.8, 4) is 5.75 Å². The SMILES string of the molecule is COC(=O)c1c(F)cc(OCC(C)C)cc1F. The molecule has 0 aliphatic rings. The molecule has 0 aliphatic heterocycles. The van der Waals surface area contributed by atoms with Crippen molar-refractivity contribution in [1.29, 1.82) is 0 Å². The van der Waals surface area contributed by atoms with Crippen molar-refractivity contribution in [3.63, 3.8) is 0 Å². The number of hydrogen-bond donors (Lipinski definition) is 0. The van der Waals surface area contributed by atoms with Crippen LogP contribution in [0, 0.1) is 17.6 Å².